The Labute approximate surface area is 191 Å². The predicted molar refractivity (Wildman–Crippen MR) is 119 cm³/mol. The van der Waals surface area contributed by atoms with Gasteiger partial charge in [-0.3, -0.25) is 14.4 Å². The van der Waals surface area contributed by atoms with E-state index in [2.05, 4.69) is 6.07 Å². The van der Waals surface area contributed by atoms with Crippen LogP contribution in [0.25, 0.3) is 0 Å². The smallest absolute Gasteiger partial charge is 0.255 e. The van der Waals surface area contributed by atoms with Gasteiger partial charge in [-0.2, -0.15) is 0 Å². The number of carbonyl (C=O) groups is 3. The largest absolute Gasteiger partial charge is 0.339 e. The maximum absolute atomic E-state index is 13.3. The number of carbonyl (C=O) groups excluding carboxylic acids is 3. The number of amides is 3. The normalized spacial score (nSPS) is 18.3. The summed E-state index contributed by atoms with van der Waals surface area (Å²) in [6.45, 7) is 3.68. The zero-order chi connectivity index (χ0) is 22.8. The molecule has 4 rings (SSSR count). The van der Waals surface area contributed by atoms with E-state index in [0.29, 0.717) is 32.7 Å². The summed E-state index contributed by atoms with van der Waals surface area (Å²) in [5.74, 6) is -0.842. The molecule has 2 aromatic rings. The summed E-state index contributed by atoms with van der Waals surface area (Å²) in [7, 11) is 0. The zero-order valence-corrected chi connectivity index (χ0v) is 18.6. The minimum atomic E-state index is -0.495. The Kier molecular flexibility index (Phi) is 6.46. The average Bonchev–Trinajstić information content (AvgIpc) is 2.78. The highest BCUT2D eigenvalue weighted by molar-refractivity contribution is 6.33. The van der Waals surface area contributed by atoms with Crippen molar-refractivity contribution in [1.29, 1.82) is 0 Å². The van der Waals surface area contributed by atoms with Gasteiger partial charge >= 0.3 is 0 Å². The van der Waals surface area contributed by atoms with Crippen LogP contribution in [0.5, 0.6) is 0 Å². The van der Waals surface area contributed by atoms with Gasteiger partial charge in [-0.25, -0.2) is 4.39 Å². The van der Waals surface area contributed by atoms with Crippen LogP contribution in [0.15, 0.2) is 42.5 Å². The van der Waals surface area contributed by atoms with E-state index < -0.39 is 5.82 Å². The number of fused-ring (bicyclic) bond motifs is 1. The first-order valence-corrected chi connectivity index (χ1v) is 11.1. The number of hydrogen-bond acceptors (Lipinski definition) is 3. The molecule has 8 heteroatoms. The number of halogens is 2. The Morgan fingerprint density at radius 3 is 2.38 bits per heavy atom. The number of rotatable bonds is 3. The summed E-state index contributed by atoms with van der Waals surface area (Å²) >= 11 is 6.03. The summed E-state index contributed by atoms with van der Waals surface area (Å²) in [6, 6.07) is 11.4. The van der Waals surface area contributed by atoms with Crippen LogP contribution >= 0.6 is 11.6 Å². The lowest BCUT2D eigenvalue weighted by Crippen LogP contribution is -2.51. The lowest BCUT2D eigenvalue weighted by molar-refractivity contribution is -0.137. The van der Waals surface area contributed by atoms with Crippen molar-refractivity contribution < 1.29 is 18.8 Å². The van der Waals surface area contributed by atoms with Crippen LogP contribution in [0, 0.1) is 5.82 Å². The fourth-order valence-corrected chi connectivity index (χ4v) is 4.78. The molecule has 2 aliphatic heterocycles. The molecule has 0 radical (unpaired) electrons. The van der Waals surface area contributed by atoms with Crippen LogP contribution in [0.1, 0.15) is 40.9 Å². The number of benzene rings is 2. The van der Waals surface area contributed by atoms with Crippen LogP contribution in [0.2, 0.25) is 5.02 Å². The molecule has 0 bridgehead atoms. The van der Waals surface area contributed by atoms with Gasteiger partial charge in [0.2, 0.25) is 11.8 Å². The van der Waals surface area contributed by atoms with Gasteiger partial charge in [0, 0.05) is 39.6 Å². The van der Waals surface area contributed by atoms with Crippen molar-refractivity contribution in [2.24, 2.45) is 0 Å². The maximum Gasteiger partial charge on any atom is 0.255 e. The lowest BCUT2D eigenvalue weighted by Gasteiger charge is -2.39. The second kappa shape index (κ2) is 9.28. The van der Waals surface area contributed by atoms with Gasteiger partial charge in [0.1, 0.15) is 5.82 Å². The van der Waals surface area contributed by atoms with E-state index >= 15 is 0 Å². The SMILES string of the molecule is CC(=O)N1CCc2ccccc2C1CC(=O)N1CCN(C(=O)c2ccc(F)cc2Cl)CC1. The van der Waals surface area contributed by atoms with Crippen molar-refractivity contribution in [2.45, 2.75) is 25.8 Å². The Morgan fingerprint density at radius 2 is 1.69 bits per heavy atom. The first-order valence-electron chi connectivity index (χ1n) is 10.7. The zero-order valence-electron chi connectivity index (χ0n) is 17.9. The molecule has 0 aliphatic carbocycles. The van der Waals surface area contributed by atoms with Gasteiger partial charge in [-0.15, -0.1) is 0 Å². The molecule has 2 heterocycles. The van der Waals surface area contributed by atoms with E-state index in [1.165, 1.54) is 24.6 Å². The molecule has 0 aromatic heterocycles. The van der Waals surface area contributed by atoms with Crippen LogP contribution in [-0.2, 0) is 16.0 Å². The third kappa shape index (κ3) is 4.48. The molecular weight excluding hydrogens is 433 g/mol. The van der Waals surface area contributed by atoms with E-state index in [0.717, 1.165) is 18.1 Å². The summed E-state index contributed by atoms with van der Waals surface area (Å²) in [6.07, 6.45) is 1.00. The summed E-state index contributed by atoms with van der Waals surface area (Å²) in [4.78, 5) is 43.2. The highest BCUT2D eigenvalue weighted by atomic mass is 35.5. The quantitative estimate of drug-likeness (QED) is 0.710. The van der Waals surface area contributed by atoms with Gasteiger partial charge in [0.15, 0.2) is 0 Å². The van der Waals surface area contributed by atoms with Crippen molar-refractivity contribution in [2.75, 3.05) is 32.7 Å². The Balaban J connectivity index is 1.41. The molecule has 3 amide bonds. The maximum atomic E-state index is 13.3. The molecule has 32 heavy (non-hydrogen) atoms. The van der Waals surface area contributed by atoms with E-state index in [1.54, 1.807) is 14.7 Å². The monoisotopic (exact) mass is 457 g/mol. The van der Waals surface area contributed by atoms with E-state index in [1.807, 2.05) is 18.2 Å². The molecule has 1 saturated heterocycles. The molecule has 168 valence electrons. The van der Waals surface area contributed by atoms with Crippen LogP contribution in [0.3, 0.4) is 0 Å². The molecule has 0 saturated carbocycles. The summed E-state index contributed by atoms with van der Waals surface area (Å²) < 4.78 is 13.3. The third-order valence-corrected chi connectivity index (χ3v) is 6.58. The van der Waals surface area contributed by atoms with Crippen molar-refractivity contribution in [3.8, 4) is 0 Å². The van der Waals surface area contributed by atoms with Gasteiger partial charge < -0.3 is 14.7 Å². The summed E-state index contributed by atoms with van der Waals surface area (Å²) in [5.41, 5.74) is 2.46. The standard InChI is InChI=1S/C24H25ClFN3O3/c1-16(30)29-9-8-17-4-2-3-5-19(17)22(29)15-23(31)27-10-12-28(13-11-27)24(32)20-7-6-18(26)14-21(20)25/h2-7,14,22H,8-13,15H2,1H3. The molecule has 2 aliphatic rings. The Morgan fingerprint density at radius 1 is 1.00 bits per heavy atom. The van der Waals surface area contributed by atoms with Gasteiger partial charge in [0.25, 0.3) is 5.91 Å². The first-order chi connectivity index (χ1) is 15.3. The van der Waals surface area contributed by atoms with Crippen molar-refractivity contribution in [3.63, 3.8) is 0 Å². The Hall–Kier alpha value is -2.93. The molecule has 0 spiro atoms. The molecule has 6 nitrogen and oxygen atoms in total. The second-order valence-electron chi connectivity index (χ2n) is 8.18. The van der Waals surface area contributed by atoms with Crippen LogP contribution < -0.4 is 0 Å². The molecule has 1 fully saturated rings. The third-order valence-electron chi connectivity index (χ3n) is 6.27. The van der Waals surface area contributed by atoms with Crippen LogP contribution in [-0.4, -0.2) is 65.1 Å². The molecule has 0 N–H and O–H groups in total. The predicted octanol–water partition coefficient (Wildman–Crippen LogP) is 3.30. The Bertz CT molecular complexity index is 1050. The topological polar surface area (TPSA) is 60.9 Å². The lowest BCUT2D eigenvalue weighted by atomic mass is 9.90. The fraction of sp³-hybridized carbons (Fsp3) is 0.375. The van der Waals surface area contributed by atoms with Crippen molar-refractivity contribution in [3.05, 3.63) is 70.0 Å². The number of hydrogen-bond donors (Lipinski definition) is 0. The minimum absolute atomic E-state index is 0.0372. The molecular formula is C24H25ClFN3O3. The number of nitrogens with zero attached hydrogens (tertiary/aromatic N) is 3. The molecule has 1 atom stereocenters. The highest BCUT2D eigenvalue weighted by Gasteiger charge is 2.33. The summed E-state index contributed by atoms with van der Waals surface area (Å²) in [5, 5.41) is 0.0776. The second-order valence-corrected chi connectivity index (χ2v) is 8.59. The van der Waals surface area contributed by atoms with E-state index in [9.17, 15) is 18.8 Å². The van der Waals surface area contributed by atoms with Gasteiger partial charge in [-0.1, -0.05) is 35.9 Å². The van der Waals surface area contributed by atoms with Gasteiger partial charge in [0.05, 0.1) is 23.0 Å². The van der Waals surface area contributed by atoms with Gasteiger partial charge in [-0.05, 0) is 35.7 Å². The van der Waals surface area contributed by atoms with Crippen molar-refractivity contribution in [1.82, 2.24) is 14.7 Å². The average molecular weight is 458 g/mol. The molecule has 1 unspecified atom stereocenters. The van der Waals surface area contributed by atoms with E-state index in [4.69, 9.17) is 11.6 Å². The first kappa shape index (κ1) is 22.3. The fourth-order valence-electron chi connectivity index (χ4n) is 4.54. The highest BCUT2D eigenvalue weighted by Crippen LogP contribution is 2.33. The minimum Gasteiger partial charge on any atom is -0.339 e. The number of piperazine rings is 1. The van der Waals surface area contributed by atoms with Crippen molar-refractivity contribution >= 4 is 29.3 Å². The molecule has 2 aromatic carbocycles. The van der Waals surface area contributed by atoms with E-state index in [-0.39, 0.29) is 40.8 Å². The van der Waals surface area contributed by atoms with Crippen LogP contribution in [0.4, 0.5) is 4.39 Å².